The highest BCUT2D eigenvalue weighted by Gasteiger charge is 2.57. The topological polar surface area (TPSA) is 89.6 Å². The molecule has 2 aromatic heterocycles. The van der Waals surface area contributed by atoms with E-state index >= 15 is 4.39 Å². The number of rotatable bonds is 5. The first kappa shape index (κ1) is 29.2. The molecule has 12 heteroatoms. The quantitative estimate of drug-likeness (QED) is 0.183. The van der Waals surface area contributed by atoms with Gasteiger partial charge in [0.2, 0.25) is 0 Å². The molecule has 2 N–H and O–H groups in total. The minimum atomic E-state index is -1.13. The van der Waals surface area contributed by atoms with Gasteiger partial charge in [0.25, 0.3) is 0 Å². The van der Waals surface area contributed by atoms with Gasteiger partial charge in [-0.2, -0.15) is 9.97 Å². The molecule has 5 heterocycles. The van der Waals surface area contributed by atoms with Gasteiger partial charge in [0.15, 0.2) is 5.82 Å². The molecule has 0 radical (unpaired) electrons. The number of halogens is 4. The molecule has 4 aromatic rings. The van der Waals surface area contributed by atoms with Crippen LogP contribution in [0.25, 0.3) is 32.9 Å². The lowest BCUT2D eigenvalue weighted by Crippen LogP contribution is -2.46. The van der Waals surface area contributed by atoms with Crippen LogP contribution < -0.4 is 15.4 Å². The Kier molecular flexibility index (Phi) is 6.78. The predicted molar refractivity (Wildman–Crippen MR) is 166 cm³/mol. The van der Waals surface area contributed by atoms with Crippen LogP contribution >= 0.6 is 0 Å². The van der Waals surface area contributed by atoms with E-state index in [4.69, 9.17) is 21.6 Å². The lowest BCUT2D eigenvalue weighted by atomic mass is 9.94. The fraction of sp³-hybridized carbons (Fsp3) is 0.441. The van der Waals surface area contributed by atoms with E-state index < -0.39 is 35.6 Å². The molecule has 8 nitrogen and oxygen atoms in total. The van der Waals surface area contributed by atoms with Gasteiger partial charge in [-0.05, 0) is 49.9 Å². The third-order valence-corrected chi connectivity index (χ3v) is 10.3. The van der Waals surface area contributed by atoms with Crippen LogP contribution in [0.15, 0.2) is 30.5 Å². The second-order valence-electron chi connectivity index (χ2n) is 12.9. The van der Waals surface area contributed by atoms with Gasteiger partial charge in [-0.15, -0.1) is 6.42 Å². The average Bonchev–Trinajstić information content (AvgIpc) is 3.49. The van der Waals surface area contributed by atoms with Crippen molar-refractivity contribution in [1.29, 1.82) is 0 Å². The molecule has 8 rings (SSSR count). The molecule has 1 aliphatic carbocycles. The van der Waals surface area contributed by atoms with Crippen molar-refractivity contribution in [2.45, 2.75) is 56.2 Å². The number of benzene rings is 2. The van der Waals surface area contributed by atoms with Crippen LogP contribution in [0.4, 0.5) is 29.1 Å². The molecule has 46 heavy (non-hydrogen) atoms. The summed E-state index contributed by atoms with van der Waals surface area (Å²) < 4.78 is 73.3. The van der Waals surface area contributed by atoms with Crippen LogP contribution in [0.1, 0.15) is 31.7 Å². The number of hydrogen-bond acceptors (Lipinski definition) is 8. The molecule has 238 valence electrons. The van der Waals surface area contributed by atoms with E-state index in [0.29, 0.717) is 30.6 Å². The minimum absolute atomic E-state index is 0.0446. The number of nitrogen functional groups attached to an aromatic ring is 1. The molecule has 3 saturated heterocycles. The van der Waals surface area contributed by atoms with E-state index in [1.807, 2.05) is 6.92 Å². The van der Waals surface area contributed by atoms with E-state index in [1.165, 1.54) is 24.4 Å². The Balaban J connectivity index is 1.29. The number of fused-ring (bicyclic) bond motifs is 4. The van der Waals surface area contributed by atoms with E-state index in [2.05, 4.69) is 25.8 Å². The summed E-state index contributed by atoms with van der Waals surface area (Å²) in [5.74, 6) is 0.857. The number of nitrogens with zero attached hydrogens (tertiary/aromatic N) is 5. The van der Waals surface area contributed by atoms with Gasteiger partial charge < -0.3 is 20.1 Å². The first-order chi connectivity index (χ1) is 22.2. The van der Waals surface area contributed by atoms with Crippen molar-refractivity contribution in [2.24, 2.45) is 5.92 Å². The van der Waals surface area contributed by atoms with Gasteiger partial charge in [-0.3, -0.25) is 9.88 Å². The lowest BCUT2D eigenvalue weighted by Gasteiger charge is -2.33. The summed E-state index contributed by atoms with van der Waals surface area (Å²) in [6.45, 7) is 3.70. The van der Waals surface area contributed by atoms with Crippen molar-refractivity contribution in [1.82, 2.24) is 19.9 Å². The Morgan fingerprint density at radius 1 is 1.20 bits per heavy atom. The summed E-state index contributed by atoms with van der Waals surface area (Å²) in [6.07, 6.45) is 6.99. The standard InChI is InChI=1S/C34H32F4N6O2/c1-3-20-24(35)6-5-18-11-19(39)12-21(26(18)20)29-28(38)30-22(14-40-29)32(43-9-10-45-15-23-27(37)31(23)43)42-33(41-30)46-16-34-7-4-8-44(34)17(2)25(36)13-34/h1,5-6,11-12,14,17,23,25,27,31H,4,7-10,13,15-16,39H2,2H3/t17-,23-,25+,27-,31-,34-/m0/s1. The Morgan fingerprint density at radius 3 is 2.87 bits per heavy atom. The van der Waals surface area contributed by atoms with Gasteiger partial charge in [-0.1, -0.05) is 12.0 Å². The first-order valence-electron chi connectivity index (χ1n) is 15.6. The summed E-state index contributed by atoms with van der Waals surface area (Å²) in [6, 6.07) is 5.04. The Morgan fingerprint density at radius 2 is 2.04 bits per heavy atom. The second-order valence-corrected chi connectivity index (χ2v) is 12.9. The number of terminal acetylenes is 1. The fourth-order valence-electron chi connectivity index (χ4n) is 7.93. The zero-order chi connectivity index (χ0) is 31.9. The largest absolute Gasteiger partial charge is 0.461 e. The maximum atomic E-state index is 16.8. The highest BCUT2D eigenvalue weighted by atomic mass is 19.1. The van der Waals surface area contributed by atoms with Crippen LogP contribution in [0.3, 0.4) is 0 Å². The lowest BCUT2D eigenvalue weighted by molar-refractivity contribution is 0.0879. The number of pyridine rings is 1. The maximum absolute atomic E-state index is 16.8. The molecule has 4 fully saturated rings. The number of ether oxygens (including phenoxy) is 2. The molecular formula is C34H32F4N6O2. The van der Waals surface area contributed by atoms with E-state index in [-0.39, 0.29) is 70.1 Å². The smallest absolute Gasteiger partial charge is 0.319 e. The highest BCUT2D eigenvalue weighted by molar-refractivity contribution is 6.03. The van der Waals surface area contributed by atoms with Crippen LogP contribution in [0, 0.1) is 29.9 Å². The Labute approximate surface area is 262 Å². The Hall–Kier alpha value is -4.21. The van der Waals surface area contributed by atoms with Crippen LogP contribution in [0.5, 0.6) is 6.01 Å². The van der Waals surface area contributed by atoms with Crippen molar-refractivity contribution in [3.63, 3.8) is 0 Å². The molecule has 0 bridgehead atoms. The van der Waals surface area contributed by atoms with E-state index in [9.17, 15) is 13.2 Å². The molecule has 4 aliphatic rings. The number of alkyl halides is 2. The van der Waals surface area contributed by atoms with Crippen LogP contribution in [-0.2, 0) is 4.74 Å². The van der Waals surface area contributed by atoms with Gasteiger partial charge in [0.1, 0.15) is 41.8 Å². The summed E-state index contributed by atoms with van der Waals surface area (Å²) in [5.41, 5.74) is 5.88. The molecule has 3 aliphatic heterocycles. The number of anilines is 2. The average molecular weight is 633 g/mol. The maximum Gasteiger partial charge on any atom is 0.319 e. The molecule has 1 saturated carbocycles. The first-order valence-corrected chi connectivity index (χ1v) is 15.6. The molecular weight excluding hydrogens is 600 g/mol. The van der Waals surface area contributed by atoms with Crippen molar-refractivity contribution in [3.05, 3.63) is 47.7 Å². The number of aromatic nitrogens is 3. The van der Waals surface area contributed by atoms with Gasteiger partial charge in [0, 0.05) is 47.8 Å². The second kappa shape index (κ2) is 10.7. The zero-order valence-corrected chi connectivity index (χ0v) is 25.1. The highest BCUT2D eigenvalue weighted by Crippen LogP contribution is 2.46. The van der Waals surface area contributed by atoms with Crippen molar-refractivity contribution >= 4 is 33.2 Å². The van der Waals surface area contributed by atoms with E-state index in [0.717, 1.165) is 19.4 Å². The van der Waals surface area contributed by atoms with Gasteiger partial charge in [0.05, 0.1) is 35.7 Å². The molecule has 0 amide bonds. The monoisotopic (exact) mass is 632 g/mol. The summed E-state index contributed by atoms with van der Waals surface area (Å²) in [5, 5.41) is 1.06. The predicted octanol–water partition coefficient (Wildman–Crippen LogP) is 5.20. The Bertz CT molecular complexity index is 1940. The summed E-state index contributed by atoms with van der Waals surface area (Å²) in [7, 11) is 0. The van der Waals surface area contributed by atoms with Crippen molar-refractivity contribution < 1.29 is 27.0 Å². The molecule has 0 spiro atoms. The summed E-state index contributed by atoms with van der Waals surface area (Å²) in [4.78, 5) is 17.6. The SMILES string of the molecule is C#Cc1c(F)ccc2cc(N)cc(-c3ncc4c(N5CCOC[C@H]6[C@H](F)[C@H]65)nc(OC[C@@]56CCCN5[C@@H](C)[C@H](F)C6)nc4c3F)c12. The number of hydrogen-bond donors (Lipinski definition) is 1. The van der Waals surface area contributed by atoms with Gasteiger partial charge in [-0.25, -0.2) is 17.6 Å². The zero-order valence-electron chi connectivity index (χ0n) is 25.1. The fourth-order valence-corrected chi connectivity index (χ4v) is 7.93. The van der Waals surface area contributed by atoms with Crippen LogP contribution in [-0.4, -0.2) is 82.7 Å². The third-order valence-electron chi connectivity index (χ3n) is 10.3. The van der Waals surface area contributed by atoms with Crippen molar-refractivity contribution in [3.8, 4) is 29.6 Å². The van der Waals surface area contributed by atoms with Gasteiger partial charge >= 0.3 is 6.01 Å². The number of nitrogens with two attached hydrogens (primary N) is 1. The molecule has 6 atom stereocenters. The minimum Gasteiger partial charge on any atom is -0.461 e. The van der Waals surface area contributed by atoms with E-state index in [1.54, 1.807) is 11.0 Å². The normalized spacial score (nSPS) is 29.0. The third kappa shape index (κ3) is 4.39. The molecule has 0 unspecified atom stereocenters. The van der Waals surface area contributed by atoms with Crippen LogP contribution in [0.2, 0.25) is 0 Å². The molecule has 2 aromatic carbocycles. The summed E-state index contributed by atoms with van der Waals surface area (Å²) >= 11 is 0. The van der Waals surface area contributed by atoms with Crippen molar-refractivity contribution in [2.75, 3.05) is 43.5 Å².